The van der Waals surface area contributed by atoms with Gasteiger partial charge < -0.3 is 20.5 Å². The van der Waals surface area contributed by atoms with E-state index in [9.17, 15) is 9.59 Å². The molecule has 1 unspecified atom stereocenters. The van der Waals surface area contributed by atoms with Crippen molar-refractivity contribution in [3.63, 3.8) is 0 Å². The van der Waals surface area contributed by atoms with E-state index in [0.717, 1.165) is 0 Å². The summed E-state index contributed by atoms with van der Waals surface area (Å²) in [4.78, 5) is 22.5. The number of halogens is 1. The highest BCUT2D eigenvalue weighted by Crippen LogP contribution is 2.20. The minimum Gasteiger partial charge on any atom is -0.478 e. The molecule has 0 spiro atoms. The van der Waals surface area contributed by atoms with Crippen LogP contribution in [0.4, 0.5) is 10.5 Å². The normalized spacial score (nSPS) is 11.8. The molecule has 0 radical (unpaired) electrons. The highest BCUT2D eigenvalue weighted by atomic mass is 35.5. The van der Waals surface area contributed by atoms with Gasteiger partial charge in [0.2, 0.25) is 0 Å². The first-order valence-electron chi connectivity index (χ1n) is 6.03. The molecule has 1 rings (SSSR count). The van der Waals surface area contributed by atoms with E-state index in [-0.39, 0.29) is 22.7 Å². The first kappa shape index (κ1) is 16.3. The molecular weight excluding hydrogens is 284 g/mol. The van der Waals surface area contributed by atoms with Gasteiger partial charge in [-0.05, 0) is 31.5 Å². The molecule has 2 amide bonds. The first-order valence-corrected chi connectivity index (χ1v) is 6.41. The van der Waals surface area contributed by atoms with Crippen molar-refractivity contribution in [3.8, 4) is 0 Å². The second kappa shape index (κ2) is 7.72. The predicted molar refractivity (Wildman–Crippen MR) is 76.5 cm³/mol. The van der Waals surface area contributed by atoms with Gasteiger partial charge in [-0.1, -0.05) is 11.6 Å². The predicted octanol–water partition coefficient (Wildman–Crippen LogP) is 2.58. The maximum atomic E-state index is 11.7. The summed E-state index contributed by atoms with van der Waals surface area (Å²) in [6, 6.07) is 3.80. The summed E-state index contributed by atoms with van der Waals surface area (Å²) in [5.74, 6) is -1.11. The lowest BCUT2D eigenvalue weighted by atomic mass is 10.2. The molecule has 0 aliphatic rings. The van der Waals surface area contributed by atoms with Gasteiger partial charge in [0.15, 0.2) is 0 Å². The number of rotatable bonds is 6. The second-order valence-corrected chi connectivity index (χ2v) is 4.69. The Morgan fingerprint density at radius 1 is 1.45 bits per heavy atom. The van der Waals surface area contributed by atoms with Gasteiger partial charge in [-0.3, -0.25) is 0 Å². The number of amides is 2. The molecule has 110 valence electrons. The minimum atomic E-state index is -1.11. The van der Waals surface area contributed by atoms with E-state index in [0.29, 0.717) is 18.7 Å². The number of aromatic carboxylic acids is 1. The fourth-order valence-electron chi connectivity index (χ4n) is 1.52. The van der Waals surface area contributed by atoms with E-state index in [4.69, 9.17) is 21.4 Å². The number of hydrogen-bond donors (Lipinski definition) is 3. The van der Waals surface area contributed by atoms with Gasteiger partial charge in [0.25, 0.3) is 0 Å². The average molecular weight is 301 g/mol. The van der Waals surface area contributed by atoms with Gasteiger partial charge in [-0.15, -0.1) is 0 Å². The van der Waals surface area contributed by atoms with Crippen LogP contribution >= 0.6 is 11.6 Å². The molecule has 0 bridgehead atoms. The Hall–Kier alpha value is -1.79. The third-order valence-electron chi connectivity index (χ3n) is 2.59. The smallest absolute Gasteiger partial charge is 0.337 e. The molecule has 0 aromatic heterocycles. The molecule has 0 aliphatic carbocycles. The number of benzene rings is 1. The van der Waals surface area contributed by atoms with E-state index < -0.39 is 5.97 Å². The van der Waals surface area contributed by atoms with Gasteiger partial charge in [0.05, 0.1) is 10.6 Å². The molecule has 6 nitrogen and oxygen atoms in total. The van der Waals surface area contributed by atoms with Crippen LogP contribution < -0.4 is 10.6 Å². The van der Waals surface area contributed by atoms with Crippen LogP contribution in [0.1, 0.15) is 23.7 Å². The van der Waals surface area contributed by atoms with Crippen LogP contribution in [0.15, 0.2) is 18.2 Å². The molecule has 1 aromatic rings. The Morgan fingerprint density at radius 2 is 2.15 bits per heavy atom. The zero-order valence-corrected chi connectivity index (χ0v) is 12.0. The van der Waals surface area contributed by atoms with Crippen molar-refractivity contribution in [2.45, 2.75) is 19.4 Å². The number of carbonyl (C=O) groups excluding carboxylic acids is 1. The van der Waals surface area contributed by atoms with Crippen LogP contribution in [-0.4, -0.2) is 36.9 Å². The number of carboxylic acid groups (broad SMARTS) is 1. The molecule has 0 saturated carbocycles. The fourth-order valence-corrected chi connectivity index (χ4v) is 1.79. The number of urea groups is 1. The number of carbonyl (C=O) groups is 2. The summed E-state index contributed by atoms with van der Waals surface area (Å²) in [5.41, 5.74) is 0.419. The van der Waals surface area contributed by atoms with Gasteiger partial charge in [0.1, 0.15) is 0 Å². The largest absolute Gasteiger partial charge is 0.478 e. The number of ether oxygens (including phenoxy) is 1. The summed E-state index contributed by atoms with van der Waals surface area (Å²) in [7, 11) is 1.60. The van der Waals surface area contributed by atoms with Crippen molar-refractivity contribution >= 4 is 29.3 Å². The molecule has 1 aromatic carbocycles. The SMILES string of the molecule is COCCC(C)NC(=O)Nc1ccc(C(=O)O)c(Cl)c1. The molecule has 0 heterocycles. The van der Waals surface area contributed by atoms with Gasteiger partial charge in [0, 0.05) is 25.4 Å². The second-order valence-electron chi connectivity index (χ2n) is 4.28. The van der Waals surface area contributed by atoms with E-state index in [1.165, 1.54) is 18.2 Å². The molecule has 0 fully saturated rings. The molecule has 0 aliphatic heterocycles. The van der Waals surface area contributed by atoms with Gasteiger partial charge in [-0.2, -0.15) is 0 Å². The number of hydrogen-bond acceptors (Lipinski definition) is 3. The topological polar surface area (TPSA) is 87.7 Å². The maximum absolute atomic E-state index is 11.7. The zero-order chi connectivity index (χ0) is 15.1. The number of anilines is 1. The first-order chi connectivity index (χ1) is 9.43. The third kappa shape index (κ3) is 5.07. The summed E-state index contributed by atoms with van der Waals surface area (Å²) in [5, 5.41) is 14.2. The number of carboxylic acids is 1. The van der Waals surface area contributed by atoms with Crippen LogP contribution in [0.5, 0.6) is 0 Å². The Balaban J connectivity index is 2.58. The Bertz CT molecular complexity index is 493. The minimum absolute atomic E-state index is 0.00825. The molecule has 3 N–H and O–H groups in total. The van der Waals surface area contributed by atoms with Crippen molar-refractivity contribution in [2.75, 3.05) is 19.0 Å². The van der Waals surface area contributed by atoms with Crippen LogP contribution in [0.25, 0.3) is 0 Å². The highest BCUT2D eigenvalue weighted by molar-refractivity contribution is 6.33. The van der Waals surface area contributed by atoms with E-state index >= 15 is 0 Å². The van der Waals surface area contributed by atoms with E-state index in [2.05, 4.69) is 10.6 Å². The zero-order valence-electron chi connectivity index (χ0n) is 11.3. The molecule has 1 atom stereocenters. The van der Waals surface area contributed by atoms with E-state index in [1.807, 2.05) is 6.92 Å². The van der Waals surface area contributed by atoms with Crippen LogP contribution in [-0.2, 0) is 4.74 Å². The van der Waals surface area contributed by atoms with Crippen molar-refractivity contribution in [3.05, 3.63) is 28.8 Å². The monoisotopic (exact) mass is 300 g/mol. The summed E-state index contributed by atoms with van der Waals surface area (Å²) < 4.78 is 4.92. The molecule has 20 heavy (non-hydrogen) atoms. The lowest BCUT2D eigenvalue weighted by Gasteiger charge is -2.14. The lowest BCUT2D eigenvalue weighted by molar-refractivity contribution is 0.0697. The van der Waals surface area contributed by atoms with Crippen molar-refractivity contribution in [1.82, 2.24) is 5.32 Å². The van der Waals surface area contributed by atoms with Crippen molar-refractivity contribution in [1.29, 1.82) is 0 Å². The third-order valence-corrected chi connectivity index (χ3v) is 2.90. The summed E-state index contributed by atoms with van der Waals surface area (Å²) in [6.45, 7) is 2.42. The number of nitrogens with one attached hydrogen (secondary N) is 2. The summed E-state index contributed by atoms with van der Waals surface area (Å²) >= 11 is 5.81. The van der Waals surface area contributed by atoms with Crippen LogP contribution in [0.3, 0.4) is 0 Å². The Kier molecular flexibility index (Phi) is 6.27. The average Bonchev–Trinajstić information content (AvgIpc) is 2.35. The van der Waals surface area contributed by atoms with Gasteiger partial charge in [-0.25, -0.2) is 9.59 Å². The van der Waals surface area contributed by atoms with Crippen LogP contribution in [0, 0.1) is 0 Å². The lowest BCUT2D eigenvalue weighted by Crippen LogP contribution is -2.36. The Labute approximate surface area is 122 Å². The highest BCUT2D eigenvalue weighted by Gasteiger charge is 2.11. The van der Waals surface area contributed by atoms with Gasteiger partial charge >= 0.3 is 12.0 Å². The van der Waals surface area contributed by atoms with Crippen molar-refractivity contribution in [2.24, 2.45) is 0 Å². The van der Waals surface area contributed by atoms with E-state index in [1.54, 1.807) is 7.11 Å². The number of methoxy groups -OCH3 is 1. The fraction of sp³-hybridized carbons (Fsp3) is 0.385. The molecule has 0 saturated heterocycles. The van der Waals surface area contributed by atoms with Crippen LogP contribution in [0.2, 0.25) is 5.02 Å². The maximum Gasteiger partial charge on any atom is 0.337 e. The quantitative estimate of drug-likeness (QED) is 0.753. The summed E-state index contributed by atoms with van der Waals surface area (Å²) in [6.07, 6.45) is 0.697. The molecule has 7 heteroatoms. The standard InChI is InChI=1S/C13H17ClN2O4/c1-8(5-6-20-2)15-13(19)16-9-3-4-10(12(17)18)11(14)7-9/h3-4,7-8H,5-6H2,1-2H3,(H,17,18)(H2,15,16,19). The molecular formula is C13H17ClN2O4. The Morgan fingerprint density at radius 3 is 2.70 bits per heavy atom. The van der Waals surface area contributed by atoms with Crippen molar-refractivity contribution < 1.29 is 19.4 Å².